The Kier molecular flexibility index (Phi) is 16.3. The third-order valence-electron chi connectivity index (χ3n) is 4.54. The van der Waals surface area contributed by atoms with Gasteiger partial charge in [0.2, 0.25) is 0 Å². The third-order valence-corrected chi connectivity index (χ3v) is 8.01. The molecule has 0 aromatic heterocycles. The van der Waals surface area contributed by atoms with Crippen LogP contribution in [0.2, 0.25) is 0 Å². The topological polar surface area (TPSA) is 87.0 Å². The van der Waals surface area contributed by atoms with Crippen LogP contribution in [0.3, 0.4) is 0 Å². The molecule has 25 heavy (non-hydrogen) atoms. The van der Waals surface area contributed by atoms with Crippen molar-refractivity contribution < 1.29 is 24.6 Å². The molecule has 0 heterocycles. The standard InChI is InChI=1S/C19H41O5P/c1-3-4-5-6-7-8-9-10-11-12-14-24-19(16-21)25(23,15-13-20)17-18(2)22/h18-22H,3-17H2,1-2H3. The van der Waals surface area contributed by atoms with Crippen LogP contribution in [0.4, 0.5) is 0 Å². The summed E-state index contributed by atoms with van der Waals surface area (Å²) < 4.78 is 18.5. The molecular formula is C19H41O5P. The van der Waals surface area contributed by atoms with Gasteiger partial charge in [-0.1, -0.05) is 64.7 Å². The van der Waals surface area contributed by atoms with Crippen LogP contribution < -0.4 is 0 Å². The molecular weight excluding hydrogens is 339 g/mol. The third kappa shape index (κ3) is 13.0. The molecule has 0 rings (SSSR count). The maximum atomic E-state index is 12.9. The molecule has 0 aliphatic rings. The summed E-state index contributed by atoms with van der Waals surface area (Å²) in [5.74, 6) is -0.771. The van der Waals surface area contributed by atoms with Crippen molar-refractivity contribution in [2.24, 2.45) is 0 Å². The first-order valence-electron chi connectivity index (χ1n) is 10.1. The van der Waals surface area contributed by atoms with Crippen molar-refractivity contribution in [3.63, 3.8) is 0 Å². The van der Waals surface area contributed by atoms with Crippen molar-refractivity contribution in [3.05, 3.63) is 0 Å². The second-order valence-corrected chi connectivity index (χ2v) is 10.4. The van der Waals surface area contributed by atoms with E-state index in [0.717, 1.165) is 12.8 Å². The molecule has 0 aliphatic heterocycles. The van der Waals surface area contributed by atoms with Crippen LogP contribution in [0, 0.1) is 0 Å². The van der Waals surface area contributed by atoms with Gasteiger partial charge in [-0.2, -0.15) is 0 Å². The van der Waals surface area contributed by atoms with Gasteiger partial charge in [0.05, 0.1) is 12.7 Å². The maximum absolute atomic E-state index is 12.9. The summed E-state index contributed by atoms with van der Waals surface area (Å²) in [6.07, 6.45) is 11.8. The minimum absolute atomic E-state index is 0.0802. The van der Waals surface area contributed by atoms with Gasteiger partial charge in [-0.25, -0.2) is 0 Å². The normalized spacial score (nSPS) is 16.5. The average molecular weight is 381 g/mol. The predicted molar refractivity (Wildman–Crippen MR) is 105 cm³/mol. The molecule has 0 fully saturated rings. The minimum Gasteiger partial charge on any atom is -0.396 e. The van der Waals surface area contributed by atoms with Crippen LogP contribution in [-0.4, -0.2) is 59.4 Å². The zero-order valence-corrected chi connectivity index (χ0v) is 17.3. The van der Waals surface area contributed by atoms with Gasteiger partial charge in [0.25, 0.3) is 0 Å². The Morgan fingerprint density at radius 1 is 0.920 bits per heavy atom. The monoisotopic (exact) mass is 380 g/mol. The van der Waals surface area contributed by atoms with Crippen molar-refractivity contribution in [2.75, 3.05) is 32.1 Å². The number of ether oxygens (including phenoxy) is 1. The Bertz CT molecular complexity index is 336. The molecule has 3 atom stereocenters. The van der Waals surface area contributed by atoms with Gasteiger partial charge in [-0.05, 0) is 13.3 Å². The molecule has 6 heteroatoms. The van der Waals surface area contributed by atoms with E-state index in [0.29, 0.717) is 6.61 Å². The molecule has 3 N–H and O–H groups in total. The van der Waals surface area contributed by atoms with Crippen LogP contribution >= 0.6 is 7.14 Å². The van der Waals surface area contributed by atoms with Gasteiger partial charge in [-0.15, -0.1) is 0 Å². The first-order chi connectivity index (χ1) is 12.0. The molecule has 0 amide bonds. The summed E-state index contributed by atoms with van der Waals surface area (Å²) >= 11 is 0. The molecule has 0 bridgehead atoms. The summed E-state index contributed by atoms with van der Waals surface area (Å²) in [4.78, 5) is 0. The van der Waals surface area contributed by atoms with Gasteiger partial charge in [-0.3, -0.25) is 0 Å². The van der Waals surface area contributed by atoms with Gasteiger partial charge in [0.1, 0.15) is 13.0 Å². The van der Waals surface area contributed by atoms with Crippen molar-refractivity contribution in [1.82, 2.24) is 0 Å². The molecule has 0 spiro atoms. The lowest BCUT2D eigenvalue weighted by molar-refractivity contribution is 0.0570. The summed E-state index contributed by atoms with van der Waals surface area (Å²) in [6.45, 7) is 3.72. The highest BCUT2D eigenvalue weighted by molar-refractivity contribution is 7.64. The Morgan fingerprint density at radius 2 is 1.44 bits per heavy atom. The van der Waals surface area contributed by atoms with Crippen molar-refractivity contribution in [2.45, 2.75) is 90.0 Å². The fourth-order valence-corrected chi connectivity index (χ4v) is 5.73. The number of aliphatic hydroxyl groups is 3. The van der Waals surface area contributed by atoms with Gasteiger partial charge >= 0.3 is 0 Å². The number of rotatable bonds is 18. The second kappa shape index (κ2) is 16.3. The van der Waals surface area contributed by atoms with Crippen LogP contribution in [0.15, 0.2) is 0 Å². The highest BCUT2D eigenvalue weighted by atomic mass is 31.2. The molecule has 0 aliphatic carbocycles. The number of hydrogen-bond acceptors (Lipinski definition) is 5. The van der Waals surface area contributed by atoms with Crippen LogP contribution in [0.25, 0.3) is 0 Å². The zero-order chi connectivity index (χ0) is 19.0. The zero-order valence-electron chi connectivity index (χ0n) is 16.4. The summed E-state index contributed by atoms with van der Waals surface area (Å²) in [5, 5.41) is 28.2. The van der Waals surface area contributed by atoms with E-state index in [4.69, 9.17) is 9.84 Å². The van der Waals surface area contributed by atoms with E-state index in [9.17, 15) is 14.8 Å². The Balaban J connectivity index is 3.86. The van der Waals surface area contributed by atoms with Crippen LogP contribution in [-0.2, 0) is 9.30 Å². The van der Waals surface area contributed by atoms with E-state index >= 15 is 0 Å². The van der Waals surface area contributed by atoms with E-state index in [1.807, 2.05) is 0 Å². The predicted octanol–water partition coefficient (Wildman–Crippen LogP) is 3.98. The fraction of sp³-hybridized carbons (Fsp3) is 1.00. The second-order valence-electron chi connectivity index (χ2n) is 7.12. The highest BCUT2D eigenvalue weighted by Gasteiger charge is 2.34. The molecule has 152 valence electrons. The van der Waals surface area contributed by atoms with Crippen molar-refractivity contribution in [3.8, 4) is 0 Å². The molecule has 0 radical (unpaired) electrons. The average Bonchev–Trinajstić information content (AvgIpc) is 2.55. The Morgan fingerprint density at radius 3 is 1.88 bits per heavy atom. The van der Waals surface area contributed by atoms with E-state index in [-0.39, 0.29) is 25.5 Å². The lowest BCUT2D eigenvalue weighted by atomic mass is 10.1. The van der Waals surface area contributed by atoms with E-state index in [1.54, 1.807) is 6.92 Å². The molecule has 0 saturated heterocycles. The first kappa shape index (κ1) is 25.1. The SMILES string of the molecule is CCCCCCCCCCCCOC(CO)P(=O)(CCO)CC(C)O. The largest absolute Gasteiger partial charge is 0.396 e. The molecule has 0 aromatic rings. The van der Waals surface area contributed by atoms with E-state index in [2.05, 4.69) is 6.92 Å². The lowest BCUT2D eigenvalue weighted by Gasteiger charge is -2.27. The maximum Gasteiger partial charge on any atom is 0.133 e. The molecule has 5 nitrogen and oxygen atoms in total. The minimum atomic E-state index is -2.94. The molecule has 0 saturated carbocycles. The Hall–Kier alpha value is 0.0700. The number of hydrogen-bond donors (Lipinski definition) is 3. The number of aliphatic hydroxyl groups excluding tert-OH is 3. The Labute approximate surface area is 154 Å². The highest BCUT2D eigenvalue weighted by Crippen LogP contribution is 2.51. The smallest absolute Gasteiger partial charge is 0.133 e. The molecule has 3 unspecified atom stereocenters. The van der Waals surface area contributed by atoms with Crippen molar-refractivity contribution in [1.29, 1.82) is 0 Å². The fourth-order valence-electron chi connectivity index (χ4n) is 3.12. The summed E-state index contributed by atoms with van der Waals surface area (Å²) in [5.41, 5.74) is 0. The summed E-state index contributed by atoms with van der Waals surface area (Å²) in [6, 6.07) is 0. The van der Waals surface area contributed by atoms with Gasteiger partial charge in [0.15, 0.2) is 0 Å². The quantitative estimate of drug-likeness (QED) is 0.247. The summed E-state index contributed by atoms with van der Waals surface area (Å²) in [7, 11) is -2.94. The van der Waals surface area contributed by atoms with E-state index in [1.165, 1.54) is 51.4 Å². The number of unbranched alkanes of at least 4 members (excludes halogenated alkanes) is 9. The molecule has 0 aromatic carbocycles. The van der Waals surface area contributed by atoms with Crippen LogP contribution in [0.1, 0.15) is 78.1 Å². The lowest BCUT2D eigenvalue weighted by Crippen LogP contribution is -2.26. The first-order valence-corrected chi connectivity index (χ1v) is 12.2. The van der Waals surface area contributed by atoms with Crippen molar-refractivity contribution >= 4 is 7.14 Å². The van der Waals surface area contributed by atoms with E-state index < -0.39 is 19.1 Å². The van der Waals surface area contributed by atoms with Crippen LogP contribution in [0.5, 0.6) is 0 Å². The van der Waals surface area contributed by atoms with Gasteiger partial charge in [0, 0.05) is 25.5 Å². The van der Waals surface area contributed by atoms with Gasteiger partial charge < -0.3 is 24.6 Å².